The Labute approximate surface area is 113 Å². The Morgan fingerprint density at radius 2 is 2.11 bits per heavy atom. The molecule has 0 aromatic carbocycles. The van der Waals surface area contributed by atoms with Crippen molar-refractivity contribution in [2.24, 2.45) is 0 Å². The second kappa shape index (κ2) is 6.40. The number of fused-ring (bicyclic) bond motifs is 1. The van der Waals surface area contributed by atoms with E-state index in [-0.39, 0.29) is 0 Å². The molecule has 0 aliphatic heterocycles. The number of pyridine rings is 1. The molecular weight excluding hydrogens is 242 g/mol. The van der Waals surface area contributed by atoms with Gasteiger partial charge in [0.2, 0.25) is 0 Å². The normalized spacial score (nSPS) is 11.2. The second-order valence-electron chi connectivity index (χ2n) is 4.32. The van der Waals surface area contributed by atoms with E-state index in [2.05, 4.69) is 34.6 Å². The summed E-state index contributed by atoms with van der Waals surface area (Å²) >= 11 is 0. The largest absolute Gasteiger partial charge is 0.365 e. The van der Waals surface area contributed by atoms with Crippen molar-refractivity contribution < 1.29 is 5.21 Å². The summed E-state index contributed by atoms with van der Waals surface area (Å²) in [6.07, 6.45) is 1.85. The molecule has 0 aliphatic rings. The van der Waals surface area contributed by atoms with Crippen LogP contribution >= 0.6 is 0 Å². The summed E-state index contributed by atoms with van der Waals surface area (Å²) in [6, 6.07) is 5.72. The molecule has 0 aliphatic carbocycles. The minimum absolute atomic E-state index is 0.611. The summed E-state index contributed by atoms with van der Waals surface area (Å²) in [6.45, 7) is 8.11. The predicted molar refractivity (Wildman–Crippen MR) is 76.9 cm³/mol. The first-order valence-electron chi connectivity index (χ1n) is 6.63. The molecule has 104 valence electrons. The Kier molecular flexibility index (Phi) is 4.59. The van der Waals surface area contributed by atoms with E-state index in [1.807, 2.05) is 24.4 Å². The molecule has 0 saturated heterocycles. The van der Waals surface area contributed by atoms with Gasteiger partial charge in [-0.3, -0.25) is 10.7 Å². The Bertz CT molecular complexity index is 521. The maximum atomic E-state index is 9.25. The third kappa shape index (κ3) is 2.97. The van der Waals surface area contributed by atoms with E-state index in [1.54, 1.807) is 4.52 Å². The van der Waals surface area contributed by atoms with Crippen LogP contribution in [0.1, 0.15) is 13.8 Å². The Hall–Kier alpha value is -1.79. The topological polar surface area (TPSA) is 64.8 Å². The van der Waals surface area contributed by atoms with Gasteiger partial charge >= 0.3 is 0 Å². The quantitative estimate of drug-likeness (QED) is 0.666. The zero-order valence-electron chi connectivity index (χ0n) is 11.4. The van der Waals surface area contributed by atoms with Crippen LogP contribution in [0, 0.1) is 0 Å². The van der Waals surface area contributed by atoms with Crippen LogP contribution in [-0.4, -0.2) is 45.9 Å². The lowest BCUT2D eigenvalue weighted by Crippen LogP contribution is -2.28. The third-order valence-electron chi connectivity index (χ3n) is 3.27. The summed E-state index contributed by atoms with van der Waals surface area (Å²) in [5.41, 5.74) is 3.68. The fourth-order valence-corrected chi connectivity index (χ4v) is 2.10. The summed E-state index contributed by atoms with van der Waals surface area (Å²) in [7, 11) is 0. The molecule has 0 unspecified atom stereocenters. The maximum absolute atomic E-state index is 9.25. The van der Waals surface area contributed by atoms with Crippen molar-refractivity contribution in [1.82, 2.24) is 14.5 Å². The summed E-state index contributed by atoms with van der Waals surface area (Å²) < 4.78 is 1.73. The first-order chi connectivity index (χ1) is 9.30. The highest BCUT2D eigenvalue weighted by Gasteiger charge is 2.11. The summed E-state index contributed by atoms with van der Waals surface area (Å²) in [4.78, 5) is 2.33. The molecule has 3 N–H and O–H groups in total. The molecule has 6 nitrogen and oxygen atoms in total. The van der Waals surface area contributed by atoms with E-state index < -0.39 is 0 Å². The first-order valence-corrected chi connectivity index (χ1v) is 6.63. The molecule has 0 atom stereocenters. The number of nitrogens with one attached hydrogen (secondary N) is 2. The molecule has 0 amide bonds. The molecule has 0 fully saturated rings. The van der Waals surface area contributed by atoms with Crippen LogP contribution in [0.3, 0.4) is 0 Å². The second-order valence-corrected chi connectivity index (χ2v) is 4.32. The Morgan fingerprint density at radius 3 is 2.79 bits per heavy atom. The number of hydrogen-bond donors (Lipinski definition) is 3. The number of rotatable bonds is 7. The highest BCUT2D eigenvalue weighted by molar-refractivity contribution is 5.82. The van der Waals surface area contributed by atoms with Gasteiger partial charge in [0.05, 0.1) is 5.52 Å². The van der Waals surface area contributed by atoms with Gasteiger partial charge in [-0.2, -0.15) is 0 Å². The van der Waals surface area contributed by atoms with Gasteiger partial charge in [0.1, 0.15) is 5.69 Å². The highest BCUT2D eigenvalue weighted by atomic mass is 16.5. The van der Waals surface area contributed by atoms with Crippen LogP contribution in [0.2, 0.25) is 0 Å². The van der Waals surface area contributed by atoms with Gasteiger partial charge in [-0.25, -0.2) is 4.52 Å². The maximum Gasteiger partial charge on any atom is 0.174 e. The van der Waals surface area contributed by atoms with Gasteiger partial charge < -0.3 is 10.2 Å². The molecule has 0 spiro atoms. The van der Waals surface area contributed by atoms with Crippen molar-refractivity contribution in [3.63, 3.8) is 0 Å². The van der Waals surface area contributed by atoms with Crippen molar-refractivity contribution in [3.8, 4) is 0 Å². The van der Waals surface area contributed by atoms with Crippen LogP contribution in [0.4, 0.5) is 11.5 Å². The molecule has 6 heteroatoms. The van der Waals surface area contributed by atoms with Crippen molar-refractivity contribution in [2.45, 2.75) is 13.8 Å². The van der Waals surface area contributed by atoms with Crippen molar-refractivity contribution >= 4 is 17.0 Å². The van der Waals surface area contributed by atoms with Gasteiger partial charge in [-0.05, 0) is 25.2 Å². The fourth-order valence-electron chi connectivity index (χ4n) is 2.10. The molecule has 0 radical (unpaired) electrons. The molecular formula is C13H21N5O. The fraction of sp³-hybridized carbons (Fsp3) is 0.462. The number of hydrogen-bond acceptors (Lipinski definition) is 5. The van der Waals surface area contributed by atoms with Crippen LogP contribution in [0.5, 0.6) is 0 Å². The first kappa shape index (κ1) is 13.6. The lowest BCUT2D eigenvalue weighted by molar-refractivity contribution is 0.316. The van der Waals surface area contributed by atoms with Crippen molar-refractivity contribution in [1.29, 1.82) is 0 Å². The zero-order chi connectivity index (χ0) is 13.7. The van der Waals surface area contributed by atoms with E-state index in [9.17, 15) is 5.21 Å². The van der Waals surface area contributed by atoms with Gasteiger partial charge in [0.15, 0.2) is 5.82 Å². The SMILES string of the molecule is CCN(CC)CCNc1nn2ccccc2c1NO. The zero-order valence-corrected chi connectivity index (χ0v) is 11.4. The standard InChI is InChI=1S/C13H21N5O/c1-3-17(4-2)10-8-14-13-12(16-19)11-7-5-6-9-18(11)15-13/h5-7,9,16,19H,3-4,8,10H2,1-2H3,(H,14,15). The molecule has 2 aromatic rings. The Balaban J connectivity index is 2.08. The van der Waals surface area contributed by atoms with Crippen LogP contribution < -0.4 is 10.8 Å². The smallest absolute Gasteiger partial charge is 0.174 e. The predicted octanol–water partition coefficient (Wildman–Crippen LogP) is 1.89. The van der Waals surface area contributed by atoms with E-state index in [4.69, 9.17) is 0 Å². The average Bonchev–Trinajstić information content (AvgIpc) is 2.81. The molecule has 2 rings (SSSR count). The number of aromatic nitrogens is 2. The molecule has 2 heterocycles. The van der Waals surface area contributed by atoms with Crippen LogP contribution in [-0.2, 0) is 0 Å². The molecule has 0 saturated carbocycles. The number of anilines is 2. The highest BCUT2D eigenvalue weighted by Crippen LogP contribution is 2.25. The van der Waals surface area contributed by atoms with Gasteiger partial charge in [-0.15, -0.1) is 5.10 Å². The molecule has 19 heavy (non-hydrogen) atoms. The van der Waals surface area contributed by atoms with E-state index in [0.29, 0.717) is 11.5 Å². The van der Waals surface area contributed by atoms with Gasteiger partial charge in [-0.1, -0.05) is 19.9 Å². The molecule has 2 aromatic heterocycles. The molecule has 0 bridgehead atoms. The Morgan fingerprint density at radius 1 is 1.32 bits per heavy atom. The van der Waals surface area contributed by atoms with Crippen LogP contribution in [0.15, 0.2) is 24.4 Å². The lowest BCUT2D eigenvalue weighted by Gasteiger charge is -2.17. The van der Waals surface area contributed by atoms with Gasteiger partial charge in [0.25, 0.3) is 0 Å². The van der Waals surface area contributed by atoms with E-state index in [1.165, 1.54) is 0 Å². The minimum Gasteiger partial charge on any atom is -0.365 e. The van der Waals surface area contributed by atoms with E-state index in [0.717, 1.165) is 31.7 Å². The minimum atomic E-state index is 0.611. The number of nitrogens with zero attached hydrogens (tertiary/aromatic N) is 3. The monoisotopic (exact) mass is 263 g/mol. The average molecular weight is 263 g/mol. The summed E-state index contributed by atoms with van der Waals surface area (Å²) in [5, 5.41) is 16.9. The van der Waals surface area contributed by atoms with E-state index >= 15 is 0 Å². The van der Waals surface area contributed by atoms with Crippen LogP contribution in [0.25, 0.3) is 5.52 Å². The van der Waals surface area contributed by atoms with Crippen molar-refractivity contribution in [2.75, 3.05) is 37.0 Å². The number of likely N-dealkylation sites (N-methyl/N-ethyl adjacent to an activating group) is 1. The van der Waals surface area contributed by atoms with Crippen molar-refractivity contribution in [3.05, 3.63) is 24.4 Å². The van der Waals surface area contributed by atoms with Gasteiger partial charge in [0, 0.05) is 19.3 Å². The summed E-state index contributed by atoms with van der Waals surface area (Å²) in [5.74, 6) is 0.667. The lowest BCUT2D eigenvalue weighted by atomic mass is 10.3. The third-order valence-corrected chi connectivity index (χ3v) is 3.27.